The summed E-state index contributed by atoms with van der Waals surface area (Å²) in [4.78, 5) is 15.7. The van der Waals surface area contributed by atoms with E-state index in [4.69, 9.17) is 5.11 Å². The predicted molar refractivity (Wildman–Crippen MR) is 85.8 cm³/mol. The van der Waals surface area contributed by atoms with Gasteiger partial charge in [-0.25, -0.2) is 4.79 Å². The van der Waals surface area contributed by atoms with E-state index in [2.05, 4.69) is 41.0 Å². The lowest BCUT2D eigenvalue weighted by atomic mass is 10.1. The van der Waals surface area contributed by atoms with Gasteiger partial charge in [-0.3, -0.25) is 4.90 Å². The summed E-state index contributed by atoms with van der Waals surface area (Å²) in [6.45, 7) is 8.66. The van der Waals surface area contributed by atoms with Crippen molar-refractivity contribution in [2.24, 2.45) is 0 Å². The number of hydrogen-bond donors (Lipinski definition) is 1. The highest BCUT2D eigenvalue weighted by Gasteiger charge is 2.16. The summed E-state index contributed by atoms with van der Waals surface area (Å²) >= 11 is 0. The first-order valence-corrected chi connectivity index (χ1v) is 7.56. The van der Waals surface area contributed by atoms with Crippen LogP contribution in [0.15, 0.2) is 35.9 Å². The molecule has 4 nitrogen and oxygen atoms in total. The zero-order chi connectivity index (χ0) is 15.2. The fourth-order valence-electron chi connectivity index (χ4n) is 2.64. The molecule has 0 atom stereocenters. The summed E-state index contributed by atoms with van der Waals surface area (Å²) in [5.41, 5.74) is 3.08. The highest BCUT2D eigenvalue weighted by Crippen LogP contribution is 2.17. The van der Waals surface area contributed by atoms with Crippen LogP contribution >= 0.6 is 0 Å². The molecular weight excluding hydrogens is 264 g/mol. The highest BCUT2D eigenvalue weighted by atomic mass is 16.4. The summed E-state index contributed by atoms with van der Waals surface area (Å²) in [6.07, 6.45) is 2.43. The van der Waals surface area contributed by atoms with Gasteiger partial charge in [0.05, 0.1) is 0 Å². The van der Waals surface area contributed by atoms with E-state index < -0.39 is 5.97 Å². The predicted octanol–water partition coefficient (Wildman–Crippen LogP) is 2.54. The largest absolute Gasteiger partial charge is 0.478 e. The summed E-state index contributed by atoms with van der Waals surface area (Å²) in [7, 11) is 0. The Balaban J connectivity index is 1.87. The quantitative estimate of drug-likeness (QED) is 0.846. The minimum absolute atomic E-state index is 0.510. The zero-order valence-corrected chi connectivity index (χ0v) is 12.9. The van der Waals surface area contributed by atoms with Crippen molar-refractivity contribution in [1.29, 1.82) is 0 Å². The Morgan fingerprint density at radius 2 is 2.00 bits per heavy atom. The fourth-order valence-corrected chi connectivity index (χ4v) is 2.64. The molecule has 1 heterocycles. The average Bonchev–Trinajstić information content (AvgIpc) is 2.48. The van der Waals surface area contributed by atoms with Crippen molar-refractivity contribution in [3.63, 3.8) is 0 Å². The van der Waals surface area contributed by atoms with Gasteiger partial charge in [0, 0.05) is 44.0 Å². The summed E-state index contributed by atoms with van der Waals surface area (Å²) in [6, 6.07) is 8.58. The van der Waals surface area contributed by atoms with Crippen LogP contribution in [0.25, 0.3) is 0 Å². The third-order valence-corrected chi connectivity index (χ3v) is 3.99. The van der Waals surface area contributed by atoms with E-state index in [-0.39, 0.29) is 0 Å². The van der Waals surface area contributed by atoms with Crippen LogP contribution in [0.5, 0.6) is 0 Å². The number of nitrogens with zero attached hydrogens (tertiary/aromatic N) is 2. The molecule has 0 saturated carbocycles. The third-order valence-electron chi connectivity index (χ3n) is 3.99. The molecule has 0 spiro atoms. The minimum atomic E-state index is -0.795. The second kappa shape index (κ2) is 7.27. The zero-order valence-electron chi connectivity index (χ0n) is 12.9. The molecule has 0 radical (unpaired) electrons. The Morgan fingerprint density at radius 3 is 2.57 bits per heavy atom. The van der Waals surface area contributed by atoms with Crippen LogP contribution in [0.3, 0.4) is 0 Å². The van der Waals surface area contributed by atoms with E-state index in [0.29, 0.717) is 12.0 Å². The lowest BCUT2D eigenvalue weighted by molar-refractivity contribution is -0.132. The van der Waals surface area contributed by atoms with Crippen molar-refractivity contribution < 1.29 is 9.90 Å². The molecule has 0 bridgehead atoms. The number of hydrogen-bond acceptors (Lipinski definition) is 3. The van der Waals surface area contributed by atoms with Crippen molar-refractivity contribution in [3.8, 4) is 0 Å². The first kappa shape index (κ1) is 15.6. The van der Waals surface area contributed by atoms with E-state index in [1.165, 1.54) is 11.3 Å². The van der Waals surface area contributed by atoms with Gasteiger partial charge in [-0.1, -0.05) is 25.1 Å². The van der Waals surface area contributed by atoms with Gasteiger partial charge in [-0.2, -0.15) is 0 Å². The summed E-state index contributed by atoms with van der Waals surface area (Å²) in [5.74, 6) is -0.795. The van der Waals surface area contributed by atoms with E-state index >= 15 is 0 Å². The van der Waals surface area contributed by atoms with Crippen LogP contribution in [0.1, 0.15) is 18.9 Å². The second-order valence-corrected chi connectivity index (χ2v) is 5.51. The maximum absolute atomic E-state index is 11.0. The molecule has 0 aromatic heterocycles. The maximum atomic E-state index is 11.0. The van der Waals surface area contributed by atoms with Gasteiger partial charge in [0.15, 0.2) is 0 Å². The molecule has 1 aliphatic heterocycles. The molecular formula is C17H24N2O2. The van der Waals surface area contributed by atoms with E-state index in [1.54, 1.807) is 0 Å². The molecule has 114 valence electrons. The molecule has 0 unspecified atom stereocenters. The van der Waals surface area contributed by atoms with Crippen LogP contribution in [0.4, 0.5) is 5.69 Å². The number of rotatable bonds is 5. The minimum Gasteiger partial charge on any atom is -0.478 e. The maximum Gasteiger partial charge on any atom is 0.331 e. The number of piperazine rings is 1. The van der Waals surface area contributed by atoms with Gasteiger partial charge >= 0.3 is 5.97 Å². The smallest absolute Gasteiger partial charge is 0.331 e. The molecule has 1 aromatic carbocycles. The number of aliphatic carboxylic acids is 1. The Kier molecular flexibility index (Phi) is 5.39. The Labute approximate surface area is 126 Å². The number of aryl methyl sites for hydroxylation is 1. The van der Waals surface area contributed by atoms with Crippen LogP contribution < -0.4 is 4.90 Å². The molecule has 1 fully saturated rings. The van der Waals surface area contributed by atoms with Crippen LogP contribution in [0.2, 0.25) is 0 Å². The Bertz CT molecular complexity index is 517. The lowest BCUT2D eigenvalue weighted by Gasteiger charge is -2.35. The van der Waals surface area contributed by atoms with Gasteiger partial charge in [0.1, 0.15) is 0 Å². The van der Waals surface area contributed by atoms with Gasteiger partial charge in [0.2, 0.25) is 0 Å². The number of carboxylic acids is 1. The van der Waals surface area contributed by atoms with Crippen molar-refractivity contribution in [2.75, 3.05) is 37.6 Å². The molecule has 0 aliphatic carbocycles. The molecule has 1 N–H and O–H groups in total. The van der Waals surface area contributed by atoms with Gasteiger partial charge < -0.3 is 10.0 Å². The fraction of sp³-hybridized carbons (Fsp3) is 0.471. The normalized spacial score (nSPS) is 17.0. The number of benzene rings is 1. The summed E-state index contributed by atoms with van der Waals surface area (Å²) in [5, 5.41) is 9.02. The number of anilines is 1. The topological polar surface area (TPSA) is 43.8 Å². The van der Waals surface area contributed by atoms with Gasteiger partial charge in [-0.05, 0) is 31.0 Å². The average molecular weight is 288 g/mol. The van der Waals surface area contributed by atoms with Crippen LogP contribution in [0, 0.1) is 6.92 Å². The van der Waals surface area contributed by atoms with Crippen LogP contribution in [-0.4, -0.2) is 48.7 Å². The van der Waals surface area contributed by atoms with Crippen LogP contribution in [-0.2, 0) is 4.79 Å². The van der Waals surface area contributed by atoms with Gasteiger partial charge in [0.25, 0.3) is 0 Å². The van der Waals surface area contributed by atoms with Crippen molar-refractivity contribution >= 4 is 11.7 Å². The molecule has 2 rings (SSSR count). The summed E-state index contributed by atoms with van der Waals surface area (Å²) < 4.78 is 0. The van der Waals surface area contributed by atoms with E-state index in [1.807, 2.05) is 13.0 Å². The highest BCUT2D eigenvalue weighted by molar-refractivity contribution is 5.86. The first-order valence-electron chi connectivity index (χ1n) is 7.56. The van der Waals surface area contributed by atoms with E-state index in [0.717, 1.165) is 32.7 Å². The number of carboxylic acid groups (broad SMARTS) is 1. The molecule has 1 saturated heterocycles. The molecule has 1 aromatic rings. The molecule has 1 aliphatic rings. The van der Waals surface area contributed by atoms with Crippen molar-refractivity contribution in [3.05, 3.63) is 41.5 Å². The molecule has 4 heteroatoms. The van der Waals surface area contributed by atoms with Crippen molar-refractivity contribution in [2.45, 2.75) is 20.3 Å². The Hall–Kier alpha value is -1.81. The monoisotopic (exact) mass is 288 g/mol. The SMILES string of the molecule is CCC(=CCN1CCN(c2cccc(C)c2)CC1)C(=O)O. The Morgan fingerprint density at radius 1 is 1.29 bits per heavy atom. The second-order valence-electron chi connectivity index (χ2n) is 5.51. The lowest BCUT2D eigenvalue weighted by Crippen LogP contribution is -2.46. The third kappa shape index (κ3) is 4.33. The number of carbonyl (C=O) groups is 1. The standard InChI is InChI=1S/C17H24N2O2/c1-3-15(17(20)21)7-8-18-9-11-19(12-10-18)16-6-4-5-14(2)13-16/h4-7,13H,3,8-12H2,1-2H3,(H,20,21). The molecule has 0 amide bonds. The first-order chi connectivity index (χ1) is 10.1. The molecule has 21 heavy (non-hydrogen) atoms. The van der Waals surface area contributed by atoms with Crippen molar-refractivity contribution in [1.82, 2.24) is 4.90 Å². The van der Waals surface area contributed by atoms with E-state index in [9.17, 15) is 4.79 Å². The van der Waals surface area contributed by atoms with Gasteiger partial charge in [-0.15, -0.1) is 0 Å².